The minimum atomic E-state index is -0.278. The third-order valence-electron chi connectivity index (χ3n) is 43.9. The molecule has 0 N–H and O–H groups in total. The molecule has 0 saturated heterocycles. The van der Waals surface area contributed by atoms with Crippen molar-refractivity contribution >= 4 is 115 Å². The van der Waals surface area contributed by atoms with Crippen molar-refractivity contribution in [2.24, 2.45) is 5.92 Å². The van der Waals surface area contributed by atoms with Gasteiger partial charge in [0, 0.05) is 67.7 Å². The van der Waals surface area contributed by atoms with Crippen molar-refractivity contribution in [1.82, 2.24) is 0 Å². The maximum Gasteiger partial charge on any atom is 0.256 e. The third-order valence-corrected chi connectivity index (χ3v) is 43.9. The van der Waals surface area contributed by atoms with E-state index in [1.54, 1.807) is 5.56 Å². The van der Waals surface area contributed by atoms with Crippen LogP contribution in [-0.4, -0.2) is 13.4 Å². The number of anilines is 12. The largest absolute Gasteiger partial charge is 0.444 e. The van der Waals surface area contributed by atoms with Gasteiger partial charge in [0.2, 0.25) is 0 Å². The van der Waals surface area contributed by atoms with Crippen molar-refractivity contribution < 1.29 is 8.83 Å². The van der Waals surface area contributed by atoms with Gasteiger partial charge >= 0.3 is 0 Å². The average molecular weight is 1980 g/mol. The van der Waals surface area contributed by atoms with Crippen molar-refractivity contribution in [1.29, 1.82) is 0 Å². The predicted molar refractivity (Wildman–Crippen MR) is 636 cm³/mol. The third kappa shape index (κ3) is 14.4. The van der Waals surface area contributed by atoms with Gasteiger partial charge in [0.15, 0.2) is 11.8 Å². The van der Waals surface area contributed by atoms with Crippen LogP contribution in [0.15, 0.2) is 173 Å². The standard InChI is InChI=1S/C141H172B2N4O2/c1-82-66-110-116-111(67-82)146(88-44-48-94-98(72-88)130(14,15)56-52-126(94,6)7)122-118(114-120(148-122)137(28,29)62-60-135(114,24)25)143(116)107-77-105-103(79-109(107)144(110)86-42-46-92-96(70-86)128(10,11)54-50-124(92,2)3)134(22,23)64-65-141(105,36)81-85-80-139(32,33)100-74-91(90(75-104(100)140(85,34)35)83-40-38-37-39-41-83)84-68-112-117-113(69-84)147(89-45-49-95-99(73-89)131(16,17)57-53-127(95,8)9)123-119(115-121(149-123)138(30,31)63-61-136(115,26)27)142(117)106-76-101-102(133(20,21)59-58-132(101,18)19)78-108(106)145(112)87-43-47-93-97(71-87)129(12,13)55-51-125(93,4)5/h37-49,66-79,85H,50-65,80-81H2,1-36H3. The van der Waals surface area contributed by atoms with Gasteiger partial charge in [-0.2, -0.15) is 0 Å². The van der Waals surface area contributed by atoms with Crippen LogP contribution in [0.25, 0.3) is 22.3 Å². The lowest BCUT2D eigenvalue weighted by Gasteiger charge is -2.53. The molecule has 10 aromatic carbocycles. The first kappa shape index (κ1) is 99.7. The minimum Gasteiger partial charge on any atom is -0.444 e. The van der Waals surface area contributed by atoms with E-state index in [-0.39, 0.29) is 111 Å². The SMILES string of the molecule is Cc1cc2c3c(c1)N(c1ccc4c(c1)C(C)(C)CCC4(C)C)c1oc4c(c1B3c1cc3c(cc1N2c1ccc2c(c1)C(C)(C)CCC2(C)C)C(C)(C)CCC3(C)CC1CC(C)(C)c2cc(-c3cc5c6c(c3)N(c3ccc7c(c3)C(C)(C)CCC7(C)C)c3oc7c(c3B6c3cc6c(cc3N5c3ccc5c(c3)C(C)(C)CCC5(C)C)C(C)(C)CCC6(C)C)C(C)(C)CCC7(C)C)c(-c3ccccc3)cc2C1(C)C)C(C)(C)CCC4(C)C. The molecule has 9 aliphatic carbocycles. The molecule has 8 heteroatoms. The fourth-order valence-electron chi connectivity index (χ4n) is 33.0. The van der Waals surface area contributed by atoms with Gasteiger partial charge in [0.25, 0.3) is 13.4 Å². The van der Waals surface area contributed by atoms with Gasteiger partial charge in [0.1, 0.15) is 11.5 Å². The van der Waals surface area contributed by atoms with Crippen LogP contribution in [0.1, 0.15) is 464 Å². The summed E-state index contributed by atoms with van der Waals surface area (Å²) in [6, 6.07) is 70.1. The zero-order chi connectivity index (χ0) is 106. The van der Waals surface area contributed by atoms with E-state index in [1.165, 1.54) is 225 Å². The molecular weight excluding hydrogens is 1800 g/mol. The predicted octanol–water partition coefficient (Wildman–Crippen LogP) is 35.1. The first-order valence-electron chi connectivity index (χ1n) is 58.3. The van der Waals surface area contributed by atoms with Gasteiger partial charge in [-0.05, 0) is 462 Å². The van der Waals surface area contributed by atoms with Crippen LogP contribution in [0.2, 0.25) is 0 Å². The Bertz CT molecular complexity index is 7770. The number of hydrogen-bond donors (Lipinski definition) is 0. The summed E-state index contributed by atoms with van der Waals surface area (Å²) in [5.74, 6) is 4.67. The summed E-state index contributed by atoms with van der Waals surface area (Å²) in [5.41, 5.74) is 49.3. The molecular formula is C141H172B2N4O2. The van der Waals surface area contributed by atoms with Crippen molar-refractivity contribution in [2.75, 3.05) is 19.6 Å². The van der Waals surface area contributed by atoms with E-state index in [9.17, 15) is 0 Å². The van der Waals surface area contributed by atoms with E-state index in [0.29, 0.717) is 5.92 Å². The second kappa shape index (κ2) is 31.1. The molecule has 0 spiro atoms. The summed E-state index contributed by atoms with van der Waals surface area (Å²) in [6.45, 7) is 91.3. The van der Waals surface area contributed by atoms with Gasteiger partial charge in [-0.3, -0.25) is 9.80 Å². The summed E-state index contributed by atoms with van der Waals surface area (Å²) in [7, 11) is 0. The van der Waals surface area contributed by atoms with Crippen LogP contribution < -0.4 is 52.4 Å². The molecule has 2 atom stereocenters. The summed E-state index contributed by atoms with van der Waals surface area (Å²) in [5, 5.41) is 0. The zero-order valence-electron chi connectivity index (χ0n) is 98.2. The molecule has 6 nitrogen and oxygen atoms in total. The van der Waals surface area contributed by atoms with E-state index < -0.39 is 0 Å². The molecule has 6 heterocycles. The molecule has 2 unspecified atom stereocenters. The van der Waals surface area contributed by atoms with Crippen LogP contribution in [0.3, 0.4) is 0 Å². The number of benzene rings is 10. The molecule has 2 aromatic heterocycles. The smallest absolute Gasteiger partial charge is 0.256 e. The summed E-state index contributed by atoms with van der Waals surface area (Å²) in [6.07, 6.45) is 20.0. The number of furan rings is 2. The molecule has 774 valence electrons. The molecule has 0 saturated carbocycles. The van der Waals surface area contributed by atoms with Gasteiger partial charge in [-0.1, -0.05) is 309 Å². The minimum absolute atomic E-state index is 0.00515. The topological polar surface area (TPSA) is 39.2 Å². The number of rotatable bonds is 8. The van der Waals surface area contributed by atoms with Crippen LogP contribution in [0.4, 0.5) is 68.6 Å². The fraction of sp³-hybridized carbons (Fsp3) is 0.518. The monoisotopic (exact) mass is 1980 g/mol. The van der Waals surface area contributed by atoms with E-state index >= 15 is 0 Å². The number of hydrogen-bond acceptors (Lipinski definition) is 6. The normalized spacial score (nSPS) is 24.5. The van der Waals surface area contributed by atoms with Gasteiger partial charge in [0.05, 0.1) is 0 Å². The fourth-order valence-corrected chi connectivity index (χ4v) is 33.0. The number of aryl methyl sites for hydroxylation is 1. The average Bonchev–Trinajstić information content (AvgIpc) is 1.60. The van der Waals surface area contributed by atoms with Crippen molar-refractivity contribution in [3.8, 4) is 22.3 Å². The Hall–Kier alpha value is -9.91. The van der Waals surface area contributed by atoms with Gasteiger partial charge < -0.3 is 18.6 Å². The van der Waals surface area contributed by atoms with Crippen molar-refractivity contribution in [2.45, 2.75) is 462 Å². The molecule has 13 aliphatic rings. The van der Waals surface area contributed by atoms with E-state index in [4.69, 9.17) is 8.83 Å². The van der Waals surface area contributed by atoms with Crippen LogP contribution in [-0.2, 0) is 97.5 Å². The zero-order valence-corrected chi connectivity index (χ0v) is 98.2. The Labute approximate surface area is 897 Å². The highest BCUT2D eigenvalue weighted by Gasteiger charge is 2.60. The van der Waals surface area contributed by atoms with Gasteiger partial charge in [-0.15, -0.1) is 0 Å². The summed E-state index contributed by atoms with van der Waals surface area (Å²) >= 11 is 0. The second-order valence-corrected chi connectivity index (χ2v) is 62.1. The lowest BCUT2D eigenvalue weighted by Crippen LogP contribution is -2.63. The number of fused-ring (bicyclic) bond motifs is 19. The molecule has 4 aliphatic heterocycles. The molecule has 25 rings (SSSR count). The van der Waals surface area contributed by atoms with Crippen LogP contribution in [0, 0.1) is 12.8 Å². The lowest BCUT2D eigenvalue weighted by molar-refractivity contribution is 0.152. The Balaban J connectivity index is 0.710. The summed E-state index contributed by atoms with van der Waals surface area (Å²) < 4.78 is 16.5. The molecule has 0 amide bonds. The van der Waals surface area contributed by atoms with Crippen molar-refractivity contribution in [3.05, 3.63) is 270 Å². The highest BCUT2D eigenvalue weighted by molar-refractivity contribution is 7.01. The maximum atomic E-state index is 8.31. The highest BCUT2D eigenvalue weighted by atomic mass is 16.4. The van der Waals surface area contributed by atoms with Crippen LogP contribution in [0.5, 0.6) is 0 Å². The van der Waals surface area contributed by atoms with E-state index in [0.717, 1.165) is 115 Å². The number of nitrogens with zero attached hydrogens (tertiary/aromatic N) is 4. The Morgan fingerprint density at radius 3 is 0.919 bits per heavy atom. The quantitative estimate of drug-likeness (QED) is 0.141. The molecule has 0 radical (unpaired) electrons. The maximum absolute atomic E-state index is 8.31. The molecule has 12 aromatic rings. The van der Waals surface area contributed by atoms with Gasteiger partial charge in [-0.25, -0.2) is 0 Å². The first-order chi connectivity index (χ1) is 69.2. The van der Waals surface area contributed by atoms with E-state index in [1.807, 2.05) is 0 Å². The van der Waals surface area contributed by atoms with Crippen LogP contribution >= 0.6 is 0 Å². The van der Waals surface area contributed by atoms with Crippen molar-refractivity contribution in [3.63, 3.8) is 0 Å². The Morgan fingerprint density at radius 1 is 0.242 bits per heavy atom. The molecule has 0 fully saturated rings. The molecule has 149 heavy (non-hydrogen) atoms. The lowest BCUT2D eigenvalue weighted by atomic mass is 9.32. The Kier molecular flexibility index (Phi) is 20.8. The highest BCUT2D eigenvalue weighted by Crippen LogP contribution is 2.66. The Morgan fingerprint density at radius 2 is 0.530 bits per heavy atom. The summed E-state index contributed by atoms with van der Waals surface area (Å²) in [4.78, 5) is 11.0. The second-order valence-electron chi connectivity index (χ2n) is 62.1. The van der Waals surface area contributed by atoms with E-state index in [2.05, 4.69) is 433 Å². The first-order valence-corrected chi connectivity index (χ1v) is 58.3. The molecule has 0 bridgehead atoms.